The van der Waals surface area contributed by atoms with Crippen LogP contribution < -0.4 is 4.90 Å². The van der Waals surface area contributed by atoms with Gasteiger partial charge in [-0.25, -0.2) is 0 Å². The number of para-hydroxylation sites is 1. The van der Waals surface area contributed by atoms with Crippen LogP contribution in [0.5, 0.6) is 0 Å². The van der Waals surface area contributed by atoms with Crippen molar-refractivity contribution in [1.29, 1.82) is 0 Å². The molecule has 0 bridgehead atoms. The molecule has 1 fully saturated rings. The van der Waals surface area contributed by atoms with Gasteiger partial charge in [-0.3, -0.25) is 9.59 Å². The molecule has 120 valence electrons. The number of aliphatic carboxylic acids is 1. The monoisotopic (exact) mass is 306 g/mol. The zero-order valence-corrected chi connectivity index (χ0v) is 12.8. The largest absolute Gasteiger partial charge is 0.481 e. The smallest absolute Gasteiger partial charge is 0.305 e. The molecular weight excluding hydrogens is 284 g/mol. The van der Waals surface area contributed by atoms with E-state index in [1.54, 1.807) is 4.90 Å². The predicted molar refractivity (Wildman–Crippen MR) is 83.0 cm³/mol. The number of carboxylic acid groups (broad SMARTS) is 1. The highest BCUT2D eigenvalue weighted by atomic mass is 16.5. The Kier molecular flexibility index (Phi) is 5.77. The Labute approximate surface area is 130 Å². The highest BCUT2D eigenvalue weighted by molar-refractivity contribution is 5.82. The van der Waals surface area contributed by atoms with Crippen molar-refractivity contribution in [3.63, 3.8) is 0 Å². The first-order chi connectivity index (χ1) is 10.6. The zero-order chi connectivity index (χ0) is 15.9. The molecule has 1 aromatic carbocycles. The third-order valence-corrected chi connectivity index (χ3v) is 3.74. The van der Waals surface area contributed by atoms with E-state index in [0.717, 1.165) is 11.3 Å². The van der Waals surface area contributed by atoms with Crippen LogP contribution in [0.15, 0.2) is 24.3 Å². The molecule has 1 aromatic rings. The number of rotatable bonds is 6. The van der Waals surface area contributed by atoms with Gasteiger partial charge < -0.3 is 19.6 Å². The number of aryl methyl sites for hydroxylation is 1. The molecule has 1 saturated heterocycles. The fourth-order valence-corrected chi connectivity index (χ4v) is 2.51. The number of hydrogen-bond donors (Lipinski definition) is 1. The van der Waals surface area contributed by atoms with E-state index in [0.29, 0.717) is 32.8 Å². The van der Waals surface area contributed by atoms with Gasteiger partial charge in [0.15, 0.2) is 0 Å². The van der Waals surface area contributed by atoms with E-state index in [-0.39, 0.29) is 18.9 Å². The molecule has 0 radical (unpaired) electrons. The van der Waals surface area contributed by atoms with Crippen LogP contribution in [0.1, 0.15) is 12.0 Å². The summed E-state index contributed by atoms with van der Waals surface area (Å²) in [5.41, 5.74) is 1.94. The molecule has 6 nitrogen and oxygen atoms in total. The highest BCUT2D eigenvalue weighted by Gasteiger charge is 2.21. The van der Waals surface area contributed by atoms with Gasteiger partial charge in [0.25, 0.3) is 0 Å². The maximum absolute atomic E-state index is 12.4. The second kappa shape index (κ2) is 7.79. The fraction of sp³-hybridized carbons (Fsp3) is 0.500. The average molecular weight is 306 g/mol. The minimum absolute atomic E-state index is 0.00469. The Bertz CT molecular complexity index is 527. The Morgan fingerprint density at radius 3 is 2.59 bits per heavy atom. The molecule has 22 heavy (non-hydrogen) atoms. The van der Waals surface area contributed by atoms with Crippen molar-refractivity contribution in [2.75, 3.05) is 44.3 Å². The Hall–Kier alpha value is -2.08. The first kappa shape index (κ1) is 16.3. The second-order valence-electron chi connectivity index (χ2n) is 5.34. The van der Waals surface area contributed by atoms with Gasteiger partial charge >= 0.3 is 5.97 Å². The summed E-state index contributed by atoms with van der Waals surface area (Å²) >= 11 is 0. The Morgan fingerprint density at radius 1 is 1.27 bits per heavy atom. The standard InChI is InChI=1S/C16H22N2O4/c1-13-4-2-3-5-14(13)18(7-6-16(20)21)12-15(19)17-8-10-22-11-9-17/h2-5H,6-12H2,1H3,(H,20,21). The molecule has 0 saturated carbocycles. The van der Waals surface area contributed by atoms with Crippen molar-refractivity contribution in [3.8, 4) is 0 Å². The van der Waals surface area contributed by atoms with Crippen molar-refractivity contribution in [2.24, 2.45) is 0 Å². The lowest BCUT2D eigenvalue weighted by molar-refractivity contribution is -0.137. The maximum Gasteiger partial charge on any atom is 0.305 e. The number of ether oxygens (including phenoxy) is 1. The summed E-state index contributed by atoms with van der Waals surface area (Å²) in [7, 11) is 0. The van der Waals surface area contributed by atoms with Crippen molar-refractivity contribution in [1.82, 2.24) is 4.90 Å². The SMILES string of the molecule is Cc1ccccc1N(CCC(=O)O)CC(=O)N1CCOCC1. The van der Waals surface area contributed by atoms with E-state index in [2.05, 4.69) is 0 Å². The molecule has 0 aliphatic carbocycles. The number of anilines is 1. The van der Waals surface area contributed by atoms with Gasteiger partial charge in [-0.05, 0) is 18.6 Å². The number of benzene rings is 1. The van der Waals surface area contributed by atoms with Gasteiger partial charge in [-0.2, -0.15) is 0 Å². The average Bonchev–Trinajstić information content (AvgIpc) is 2.52. The third-order valence-electron chi connectivity index (χ3n) is 3.74. The molecule has 1 aliphatic heterocycles. The molecule has 0 spiro atoms. The van der Waals surface area contributed by atoms with Gasteiger partial charge in [-0.1, -0.05) is 18.2 Å². The van der Waals surface area contributed by atoms with Crippen LogP contribution >= 0.6 is 0 Å². The van der Waals surface area contributed by atoms with E-state index in [1.165, 1.54) is 0 Å². The first-order valence-corrected chi connectivity index (χ1v) is 7.46. The minimum atomic E-state index is -0.864. The maximum atomic E-state index is 12.4. The quantitative estimate of drug-likeness (QED) is 0.853. The Balaban J connectivity index is 2.08. The van der Waals surface area contributed by atoms with Crippen molar-refractivity contribution in [2.45, 2.75) is 13.3 Å². The molecule has 1 heterocycles. The van der Waals surface area contributed by atoms with Crippen LogP contribution in [0.3, 0.4) is 0 Å². The number of nitrogens with zero attached hydrogens (tertiary/aromatic N) is 2. The van der Waals surface area contributed by atoms with Gasteiger partial charge in [0, 0.05) is 25.3 Å². The number of carbonyl (C=O) groups excluding carboxylic acids is 1. The number of amides is 1. The van der Waals surface area contributed by atoms with Crippen LogP contribution in [-0.4, -0.2) is 61.3 Å². The van der Waals surface area contributed by atoms with Gasteiger partial charge in [0.1, 0.15) is 0 Å². The van der Waals surface area contributed by atoms with Crippen LogP contribution in [0.2, 0.25) is 0 Å². The lowest BCUT2D eigenvalue weighted by Gasteiger charge is -2.31. The first-order valence-electron chi connectivity index (χ1n) is 7.46. The molecule has 0 aromatic heterocycles. The lowest BCUT2D eigenvalue weighted by Crippen LogP contribution is -2.46. The second-order valence-corrected chi connectivity index (χ2v) is 5.34. The third kappa shape index (κ3) is 4.46. The van der Waals surface area contributed by atoms with E-state index in [9.17, 15) is 9.59 Å². The minimum Gasteiger partial charge on any atom is -0.481 e. The number of morpholine rings is 1. The Morgan fingerprint density at radius 2 is 1.95 bits per heavy atom. The van der Waals surface area contributed by atoms with Crippen molar-refractivity contribution >= 4 is 17.6 Å². The molecule has 2 rings (SSSR count). The van der Waals surface area contributed by atoms with Gasteiger partial charge in [0.2, 0.25) is 5.91 Å². The number of hydrogen-bond acceptors (Lipinski definition) is 4. The van der Waals surface area contributed by atoms with Crippen molar-refractivity contribution < 1.29 is 19.4 Å². The lowest BCUT2D eigenvalue weighted by atomic mass is 10.1. The van der Waals surface area contributed by atoms with Crippen LogP contribution in [0.25, 0.3) is 0 Å². The molecular formula is C16H22N2O4. The normalized spacial score (nSPS) is 14.7. The van der Waals surface area contributed by atoms with Crippen molar-refractivity contribution in [3.05, 3.63) is 29.8 Å². The summed E-state index contributed by atoms with van der Waals surface area (Å²) in [5.74, 6) is -0.852. The summed E-state index contributed by atoms with van der Waals surface area (Å²) in [6, 6.07) is 7.71. The van der Waals surface area contributed by atoms with E-state index in [4.69, 9.17) is 9.84 Å². The van der Waals surface area contributed by atoms with Crippen LogP contribution in [-0.2, 0) is 14.3 Å². The molecule has 6 heteroatoms. The van der Waals surface area contributed by atoms with E-state index in [1.807, 2.05) is 36.1 Å². The topological polar surface area (TPSA) is 70.1 Å². The van der Waals surface area contributed by atoms with Gasteiger partial charge in [-0.15, -0.1) is 0 Å². The molecule has 1 N–H and O–H groups in total. The summed E-state index contributed by atoms with van der Waals surface area (Å²) in [6.45, 7) is 4.78. The summed E-state index contributed by atoms with van der Waals surface area (Å²) in [6.07, 6.45) is 0.00469. The summed E-state index contributed by atoms with van der Waals surface area (Å²) < 4.78 is 5.25. The van der Waals surface area contributed by atoms with Crippen LogP contribution in [0.4, 0.5) is 5.69 Å². The molecule has 1 aliphatic rings. The molecule has 0 unspecified atom stereocenters. The highest BCUT2D eigenvalue weighted by Crippen LogP contribution is 2.20. The number of carboxylic acids is 1. The summed E-state index contributed by atoms with van der Waals surface area (Å²) in [4.78, 5) is 26.9. The zero-order valence-electron chi connectivity index (χ0n) is 12.8. The van der Waals surface area contributed by atoms with Gasteiger partial charge in [0.05, 0.1) is 26.2 Å². The van der Waals surface area contributed by atoms with E-state index < -0.39 is 5.97 Å². The van der Waals surface area contributed by atoms with E-state index >= 15 is 0 Å². The molecule has 1 amide bonds. The molecule has 0 atom stereocenters. The van der Waals surface area contributed by atoms with Crippen LogP contribution in [0, 0.1) is 6.92 Å². The fourth-order valence-electron chi connectivity index (χ4n) is 2.51. The number of carbonyl (C=O) groups is 2. The summed E-state index contributed by atoms with van der Waals surface area (Å²) in [5, 5.41) is 8.92. The predicted octanol–water partition coefficient (Wildman–Crippen LogP) is 1.13.